The van der Waals surface area contributed by atoms with Gasteiger partial charge in [-0.15, -0.1) is 0 Å². The minimum atomic E-state index is 1.01. The van der Waals surface area contributed by atoms with E-state index in [-0.39, 0.29) is 0 Å². The van der Waals surface area contributed by atoms with Crippen LogP contribution in [0.15, 0.2) is 11.6 Å². The summed E-state index contributed by atoms with van der Waals surface area (Å²) in [6, 6.07) is 0. The van der Waals surface area contributed by atoms with Gasteiger partial charge in [0.15, 0.2) is 0 Å². The van der Waals surface area contributed by atoms with E-state index in [4.69, 9.17) is 0 Å². The number of hydrogen-bond donors (Lipinski definition) is 0. The maximum absolute atomic E-state index is 2.49. The van der Waals surface area contributed by atoms with Gasteiger partial charge in [-0.25, -0.2) is 0 Å². The molecule has 1 fully saturated rings. The Bertz CT molecular complexity index is 206. The second kappa shape index (κ2) is 4.51. The van der Waals surface area contributed by atoms with E-state index in [1.807, 2.05) is 0 Å². The minimum Gasteiger partial charge on any atom is -0.0853 e. The molecule has 2 rings (SSSR count). The predicted octanol–water partition coefficient (Wildman–Crippen LogP) is 4.56. The molecule has 0 heterocycles. The molecule has 1 saturated carbocycles. The average Bonchev–Trinajstić information content (AvgIpc) is 2.21. The molecule has 80 valence electrons. The Hall–Kier alpha value is -0.260. The van der Waals surface area contributed by atoms with Gasteiger partial charge in [0.1, 0.15) is 0 Å². The first-order valence-electron chi connectivity index (χ1n) is 6.41. The summed E-state index contributed by atoms with van der Waals surface area (Å²) in [5.74, 6) is 3.11. The van der Waals surface area contributed by atoms with Gasteiger partial charge in [0, 0.05) is 0 Å². The summed E-state index contributed by atoms with van der Waals surface area (Å²) in [6.07, 6.45) is 12.7. The zero-order valence-electron chi connectivity index (χ0n) is 9.76. The number of rotatable bonds is 1. The smallest absolute Gasteiger partial charge is 0.0317 e. The van der Waals surface area contributed by atoms with E-state index in [1.54, 1.807) is 5.57 Å². The first-order chi connectivity index (χ1) is 6.75. The number of hydrogen-bond acceptors (Lipinski definition) is 0. The van der Waals surface area contributed by atoms with Crippen LogP contribution in [0.3, 0.4) is 0 Å². The molecular formula is C14H24. The molecular weight excluding hydrogens is 168 g/mol. The highest BCUT2D eigenvalue weighted by Crippen LogP contribution is 2.39. The van der Waals surface area contributed by atoms with Crippen LogP contribution in [-0.2, 0) is 0 Å². The highest BCUT2D eigenvalue weighted by Gasteiger charge is 2.26. The molecule has 0 spiro atoms. The summed E-state index contributed by atoms with van der Waals surface area (Å²) in [7, 11) is 0. The summed E-state index contributed by atoms with van der Waals surface area (Å²) >= 11 is 0. The normalized spacial score (nSPS) is 39.3. The van der Waals surface area contributed by atoms with Crippen molar-refractivity contribution in [2.45, 2.75) is 58.8 Å². The van der Waals surface area contributed by atoms with Crippen molar-refractivity contribution >= 4 is 0 Å². The van der Waals surface area contributed by atoms with Gasteiger partial charge < -0.3 is 0 Å². The molecule has 0 aliphatic heterocycles. The molecule has 0 radical (unpaired) electrons. The van der Waals surface area contributed by atoms with Crippen molar-refractivity contribution in [1.82, 2.24) is 0 Å². The third-order valence-corrected chi connectivity index (χ3v) is 4.41. The topological polar surface area (TPSA) is 0 Å². The van der Waals surface area contributed by atoms with Gasteiger partial charge in [0.05, 0.1) is 0 Å². The van der Waals surface area contributed by atoms with Crippen LogP contribution in [0.25, 0.3) is 0 Å². The number of allylic oxidation sites excluding steroid dienone is 2. The molecule has 0 aromatic heterocycles. The van der Waals surface area contributed by atoms with Gasteiger partial charge in [-0.3, -0.25) is 0 Å². The molecule has 2 aliphatic rings. The average molecular weight is 192 g/mol. The third-order valence-electron chi connectivity index (χ3n) is 4.41. The minimum absolute atomic E-state index is 1.01. The summed E-state index contributed by atoms with van der Waals surface area (Å²) in [5.41, 5.74) is 1.63. The lowest BCUT2D eigenvalue weighted by atomic mass is 9.72. The molecule has 0 N–H and O–H groups in total. The SMILES string of the molecule is CC1=CCC(C2CCC(C)CC2)CC1. The molecule has 0 saturated heterocycles. The first-order valence-corrected chi connectivity index (χ1v) is 6.41. The van der Waals surface area contributed by atoms with Crippen molar-refractivity contribution in [2.75, 3.05) is 0 Å². The van der Waals surface area contributed by atoms with Crippen molar-refractivity contribution in [3.63, 3.8) is 0 Å². The molecule has 0 aromatic carbocycles. The molecule has 0 aromatic rings. The molecule has 0 amide bonds. The van der Waals surface area contributed by atoms with Crippen molar-refractivity contribution in [2.24, 2.45) is 17.8 Å². The molecule has 1 unspecified atom stereocenters. The molecule has 0 nitrogen and oxygen atoms in total. The van der Waals surface area contributed by atoms with E-state index in [2.05, 4.69) is 19.9 Å². The Kier molecular flexibility index (Phi) is 3.30. The van der Waals surface area contributed by atoms with Crippen LogP contribution < -0.4 is 0 Å². The van der Waals surface area contributed by atoms with E-state index in [0.29, 0.717) is 0 Å². The Labute approximate surface area is 88.8 Å². The van der Waals surface area contributed by atoms with Crippen LogP contribution in [0.4, 0.5) is 0 Å². The van der Waals surface area contributed by atoms with Crippen LogP contribution >= 0.6 is 0 Å². The van der Waals surface area contributed by atoms with Crippen molar-refractivity contribution in [3.8, 4) is 0 Å². The van der Waals surface area contributed by atoms with E-state index >= 15 is 0 Å². The fourth-order valence-corrected chi connectivity index (χ4v) is 3.17. The molecule has 0 heteroatoms. The van der Waals surface area contributed by atoms with Crippen molar-refractivity contribution < 1.29 is 0 Å². The van der Waals surface area contributed by atoms with E-state index in [9.17, 15) is 0 Å². The van der Waals surface area contributed by atoms with Crippen LogP contribution in [0.5, 0.6) is 0 Å². The highest BCUT2D eigenvalue weighted by atomic mass is 14.3. The van der Waals surface area contributed by atoms with Crippen LogP contribution in [0.2, 0.25) is 0 Å². The Morgan fingerprint density at radius 2 is 1.71 bits per heavy atom. The molecule has 2 aliphatic carbocycles. The predicted molar refractivity (Wildman–Crippen MR) is 62.2 cm³/mol. The lowest BCUT2D eigenvalue weighted by molar-refractivity contribution is 0.200. The standard InChI is InChI=1S/C14H24/c1-11-3-7-13(8-4-11)14-9-5-12(2)6-10-14/h3,12-14H,4-10H2,1-2H3. The second-order valence-electron chi connectivity index (χ2n) is 5.60. The quantitative estimate of drug-likeness (QED) is 0.534. The summed E-state index contributed by atoms with van der Waals surface area (Å²) in [4.78, 5) is 0. The van der Waals surface area contributed by atoms with Gasteiger partial charge >= 0.3 is 0 Å². The van der Waals surface area contributed by atoms with Crippen molar-refractivity contribution in [1.29, 1.82) is 0 Å². The molecule has 0 bridgehead atoms. The molecule has 14 heavy (non-hydrogen) atoms. The van der Waals surface area contributed by atoms with E-state index in [1.165, 1.54) is 44.9 Å². The largest absolute Gasteiger partial charge is 0.0853 e. The van der Waals surface area contributed by atoms with Gasteiger partial charge in [0.25, 0.3) is 0 Å². The zero-order chi connectivity index (χ0) is 9.97. The van der Waals surface area contributed by atoms with Gasteiger partial charge in [-0.05, 0) is 56.8 Å². The van der Waals surface area contributed by atoms with Crippen molar-refractivity contribution in [3.05, 3.63) is 11.6 Å². The Morgan fingerprint density at radius 3 is 2.29 bits per heavy atom. The lowest BCUT2D eigenvalue weighted by Gasteiger charge is -2.34. The van der Waals surface area contributed by atoms with E-state index < -0.39 is 0 Å². The first kappa shape index (κ1) is 10.3. The van der Waals surface area contributed by atoms with Gasteiger partial charge in [0.2, 0.25) is 0 Å². The van der Waals surface area contributed by atoms with Gasteiger partial charge in [-0.1, -0.05) is 31.4 Å². The Balaban J connectivity index is 1.84. The van der Waals surface area contributed by atoms with E-state index in [0.717, 1.165) is 17.8 Å². The third kappa shape index (κ3) is 2.40. The van der Waals surface area contributed by atoms with Crippen LogP contribution in [0, 0.1) is 17.8 Å². The second-order valence-corrected chi connectivity index (χ2v) is 5.60. The van der Waals surface area contributed by atoms with Gasteiger partial charge in [-0.2, -0.15) is 0 Å². The van der Waals surface area contributed by atoms with Crippen LogP contribution in [0.1, 0.15) is 58.8 Å². The Morgan fingerprint density at radius 1 is 1.00 bits per heavy atom. The highest BCUT2D eigenvalue weighted by molar-refractivity contribution is 5.03. The fraction of sp³-hybridized carbons (Fsp3) is 0.857. The maximum atomic E-state index is 2.49. The zero-order valence-corrected chi connectivity index (χ0v) is 9.76. The lowest BCUT2D eigenvalue weighted by Crippen LogP contribution is -2.22. The summed E-state index contributed by atoms with van der Waals surface area (Å²) < 4.78 is 0. The monoisotopic (exact) mass is 192 g/mol. The summed E-state index contributed by atoms with van der Waals surface area (Å²) in [5, 5.41) is 0. The summed E-state index contributed by atoms with van der Waals surface area (Å²) in [6.45, 7) is 4.71. The maximum Gasteiger partial charge on any atom is -0.0317 e. The van der Waals surface area contributed by atoms with Crippen LogP contribution in [-0.4, -0.2) is 0 Å². The molecule has 1 atom stereocenters. The fourth-order valence-electron chi connectivity index (χ4n) is 3.17.